The Morgan fingerprint density at radius 3 is 2.52 bits per heavy atom. The van der Waals surface area contributed by atoms with Gasteiger partial charge in [0.05, 0.1) is 11.1 Å². The maximum Gasteiger partial charge on any atom is 0.285 e. The van der Waals surface area contributed by atoms with E-state index in [1.807, 2.05) is 12.1 Å². The Labute approximate surface area is 132 Å². The van der Waals surface area contributed by atoms with E-state index in [1.54, 1.807) is 12.1 Å². The van der Waals surface area contributed by atoms with E-state index in [0.29, 0.717) is 5.69 Å². The van der Waals surface area contributed by atoms with Crippen molar-refractivity contribution in [1.29, 1.82) is 0 Å². The lowest BCUT2D eigenvalue weighted by molar-refractivity contribution is -0.385. The van der Waals surface area contributed by atoms with Crippen molar-refractivity contribution in [2.45, 2.75) is 6.54 Å². The quantitative estimate of drug-likeness (QED) is 0.484. The second kappa shape index (κ2) is 6.48. The fourth-order valence-corrected chi connectivity index (χ4v) is 2.00. The summed E-state index contributed by atoms with van der Waals surface area (Å²) in [6, 6.07) is 9.29. The standard InChI is InChI=1S/C13H10IN3O4/c14-9-1-3-10(4-2-9)15-12(18)8-16-7-11(17(20)21)5-6-13(16)19/h1-7H,8H2,(H,15,18). The molecule has 1 aromatic heterocycles. The van der Waals surface area contributed by atoms with E-state index in [4.69, 9.17) is 0 Å². The first-order valence-corrected chi connectivity index (χ1v) is 6.94. The minimum atomic E-state index is -0.618. The van der Waals surface area contributed by atoms with Crippen LogP contribution in [0.1, 0.15) is 0 Å². The molecule has 0 aliphatic rings. The molecule has 0 aliphatic carbocycles. The molecule has 2 aromatic rings. The highest BCUT2D eigenvalue weighted by Gasteiger charge is 2.10. The Kier molecular flexibility index (Phi) is 4.68. The molecule has 0 bridgehead atoms. The topological polar surface area (TPSA) is 94.2 Å². The van der Waals surface area contributed by atoms with Crippen molar-refractivity contribution < 1.29 is 9.72 Å². The van der Waals surface area contributed by atoms with Crippen LogP contribution in [-0.4, -0.2) is 15.4 Å². The molecule has 0 fully saturated rings. The third kappa shape index (κ3) is 4.12. The summed E-state index contributed by atoms with van der Waals surface area (Å²) in [6.45, 7) is -0.285. The van der Waals surface area contributed by atoms with Crippen LogP contribution in [-0.2, 0) is 11.3 Å². The molecule has 0 saturated carbocycles. The predicted molar refractivity (Wildman–Crippen MR) is 85.1 cm³/mol. The van der Waals surface area contributed by atoms with E-state index in [2.05, 4.69) is 27.9 Å². The molecule has 8 heteroatoms. The van der Waals surface area contributed by atoms with E-state index < -0.39 is 16.4 Å². The molecule has 0 atom stereocenters. The molecule has 1 aromatic carbocycles. The van der Waals surface area contributed by atoms with Crippen LogP contribution >= 0.6 is 22.6 Å². The van der Waals surface area contributed by atoms with Gasteiger partial charge < -0.3 is 5.32 Å². The van der Waals surface area contributed by atoms with Gasteiger partial charge in [-0.05, 0) is 46.9 Å². The van der Waals surface area contributed by atoms with Gasteiger partial charge in [-0.1, -0.05) is 0 Å². The van der Waals surface area contributed by atoms with Gasteiger partial charge in [0.25, 0.3) is 11.2 Å². The highest BCUT2D eigenvalue weighted by atomic mass is 127. The molecule has 108 valence electrons. The maximum absolute atomic E-state index is 11.9. The van der Waals surface area contributed by atoms with Crippen LogP contribution < -0.4 is 10.9 Å². The maximum atomic E-state index is 11.9. The average molecular weight is 399 g/mol. The fraction of sp³-hybridized carbons (Fsp3) is 0.0769. The van der Waals surface area contributed by atoms with Gasteiger partial charge in [-0.2, -0.15) is 0 Å². The number of carbonyl (C=O) groups excluding carboxylic acids is 1. The van der Waals surface area contributed by atoms with Crippen LogP contribution in [0.15, 0.2) is 47.4 Å². The molecular formula is C13H10IN3O4. The minimum absolute atomic E-state index is 0.239. The van der Waals surface area contributed by atoms with Crippen molar-refractivity contribution in [3.05, 3.63) is 66.6 Å². The van der Waals surface area contributed by atoms with Crippen LogP contribution in [0.3, 0.4) is 0 Å². The highest BCUT2D eigenvalue weighted by molar-refractivity contribution is 14.1. The molecule has 0 saturated heterocycles. The van der Waals surface area contributed by atoms with Gasteiger partial charge in [-0.25, -0.2) is 0 Å². The third-order valence-electron chi connectivity index (χ3n) is 2.62. The number of nitro groups is 1. The molecule has 1 amide bonds. The highest BCUT2D eigenvalue weighted by Crippen LogP contribution is 2.11. The summed E-state index contributed by atoms with van der Waals surface area (Å²) in [5.41, 5.74) is -0.117. The molecule has 1 N–H and O–H groups in total. The summed E-state index contributed by atoms with van der Waals surface area (Å²) in [5, 5.41) is 13.3. The molecule has 7 nitrogen and oxygen atoms in total. The van der Waals surface area contributed by atoms with Gasteiger partial charge in [0.15, 0.2) is 0 Å². The average Bonchev–Trinajstić information content (AvgIpc) is 2.43. The summed E-state index contributed by atoms with van der Waals surface area (Å²) < 4.78 is 2.03. The molecule has 1 heterocycles. The van der Waals surface area contributed by atoms with Crippen molar-refractivity contribution in [2.75, 3.05) is 5.32 Å². The summed E-state index contributed by atoms with van der Waals surface area (Å²) in [5.74, 6) is -0.432. The van der Waals surface area contributed by atoms with E-state index in [0.717, 1.165) is 26.5 Å². The number of nitrogens with zero attached hydrogens (tertiary/aromatic N) is 2. The first-order valence-electron chi connectivity index (χ1n) is 5.86. The minimum Gasteiger partial charge on any atom is -0.325 e. The van der Waals surface area contributed by atoms with Crippen molar-refractivity contribution >= 4 is 39.9 Å². The number of nitrogens with one attached hydrogen (secondary N) is 1. The molecule has 0 aliphatic heterocycles. The zero-order chi connectivity index (χ0) is 15.4. The number of pyridine rings is 1. The van der Waals surface area contributed by atoms with Crippen molar-refractivity contribution in [1.82, 2.24) is 4.57 Å². The molecule has 0 unspecified atom stereocenters. The first-order chi connectivity index (χ1) is 9.95. The lowest BCUT2D eigenvalue weighted by atomic mass is 10.3. The van der Waals surface area contributed by atoms with Crippen LogP contribution in [0.4, 0.5) is 11.4 Å². The van der Waals surface area contributed by atoms with Crippen molar-refractivity contribution in [2.24, 2.45) is 0 Å². The van der Waals surface area contributed by atoms with Crippen molar-refractivity contribution in [3.63, 3.8) is 0 Å². The smallest absolute Gasteiger partial charge is 0.285 e. The number of hydrogen-bond acceptors (Lipinski definition) is 4. The van der Waals surface area contributed by atoms with E-state index in [1.165, 1.54) is 0 Å². The van der Waals surface area contributed by atoms with Gasteiger partial charge in [-0.15, -0.1) is 0 Å². The van der Waals surface area contributed by atoms with E-state index >= 15 is 0 Å². The SMILES string of the molecule is O=C(Cn1cc([N+](=O)[O-])ccc1=O)Nc1ccc(I)cc1. The van der Waals surface area contributed by atoms with Gasteiger partial charge >= 0.3 is 0 Å². The molecule has 0 spiro atoms. The number of amides is 1. The Bertz CT molecular complexity index is 740. The summed E-state index contributed by atoms with van der Waals surface area (Å²) in [7, 11) is 0. The van der Waals surface area contributed by atoms with Crippen LogP contribution in [0.2, 0.25) is 0 Å². The Balaban J connectivity index is 2.12. The van der Waals surface area contributed by atoms with Gasteiger partial charge in [0.1, 0.15) is 6.54 Å². The van der Waals surface area contributed by atoms with E-state index in [-0.39, 0.29) is 12.2 Å². The lowest BCUT2D eigenvalue weighted by Gasteiger charge is -2.07. The fourth-order valence-electron chi connectivity index (χ4n) is 1.64. The Hall–Kier alpha value is -2.23. The largest absolute Gasteiger partial charge is 0.325 e. The number of carbonyl (C=O) groups is 1. The molecular weight excluding hydrogens is 389 g/mol. The van der Waals surface area contributed by atoms with E-state index in [9.17, 15) is 19.7 Å². The monoisotopic (exact) mass is 399 g/mol. The molecule has 21 heavy (non-hydrogen) atoms. The summed E-state index contributed by atoms with van der Waals surface area (Å²) in [6.07, 6.45) is 1.05. The summed E-state index contributed by atoms with van der Waals surface area (Å²) in [4.78, 5) is 33.5. The zero-order valence-corrected chi connectivity index (χ0v) is 12.8. The third-order valence-corrected chi connectivity index (χ3v) is 3.34. The van der Waals surface area contributed by atoms with Crippen molar-refractivity contribution in [3.8, 4) is 0 Å². The summed E-state index contributed by atoms with van der Waals surface area (Å²) >= 11 is 2.14. The zero-order valence-electron chi connectivity index (χ0n) is 10.7. The number of benzene rings is 1. The normalized spacial score (nSPS) is 10.1. The van der Waals surface area contributed by atoms with Gasteiger partial charge in [-0.3, -0.25) is 24.3 Å². The first kappa shape index (κ1) is 15.2. The number of halogens is 1. The number of aromatic nitrogens is 1. The Morgan fingerprint density at radius 2 is 1.90 bits per heavy atom. The Morgan fingerprint density at radius 1 is 1.24 bits per heavy atom. The second-order valence-electron chi connectivity index (χ2n) is 4.17. The number of rotatable bonds is 4. The number of anilines is 1. The van der Waals surface area contributed by atoms with Gasteiger partial charge in [0, 0.05) is 21.4 Å². The van der Waals surface area contributed by atoms with Crippen LogP contribution in [0.5, 0.6) is 0 Å². The second-order valence-corrected chi connectivity index (χ2v) is 5.41. The lowest BCUT2D eigenvalue weighted by Crippen LogP contribution is -2.26. The van der Waals surface area contributed by atoms with Crippen LogP contribution in [0, 0.1) is 13.7 Å². The predicted octanol–water partition coefficient (Wildman–Crippen LogP) is 2.00. The van der Waals surface area contributed by atoms with Crippen LogP contribution in [0.25, 0.3) is 0 Å². The molecule has 0 radical (unpaired) electrons. The molecule has 2 rings (SSSR count). The van der Waals surface area contributed by atoms with Gasteiger partial charge in [0.2, 0.25) is 5.91 Å². The number of hydrogen-bond donors (Lipinski definition) is 1.